The molecule has 3 N–H and O–H groups in total. The van der Waals surface area contributed by atoms with Crippen molar-refractivity contribution in [2.45, 2.75) is 19.4 Å². The fraction of sp³-hybridized carbons (Fsp3) is 0.250. The van der Waals surface area contributed by atoms with Crippen LogP contribution >= 0.6 is 0 Å². The maximum Gasteiger partial charge on any atom is 0.123 e. The molecule has 0 saturated carbocycles. The molecule has 2 aromatic rings. The first-order chi connectivity index (χ1) is 9.22. The van der Waals surface area contributed by atoms with Gasteiger partial charge in [0.25, 0.3) is 0 Å². The normalized spacial score (nSPS) is 16.8. The van der Waals surface area contributed by atoms with Crippen LogP contribution < -0.4 is 15.8 Å². The summed E-state index contributed by atoms with van der Waals surface area (Å²) >= 11 is 0. The average molecular weight is 254 g/mol. The molecule has 3 rings (SSSR count). The predicted molar refractivity (Wildman–Crippen MR) is 78.6 cm³/mol. The van der Waals surface area contributed by atoms with Gasteiger partial charge in [-0.3, -0.25) is 0 Å². The molecule has 3 heteroatoms. The van der Waals surface area contributed by atoms with Crippen LogP contribution in [0.4, 0.5) is 11.4 Å². The lowest BCUT2D eigenvalue weighted by atomic mass is 10.1. The van der Waals surface area contributed by atoms with Crippen LogP contribution in [-0.4, -0.2) is 12.6 Å². The first-order valence-corrected chi connectivity index (χ1v) is 6.57. The van der Waals surface area contributed by atoms with Gasteiger partial charge >= 0.3 is 0 Å². The lowest BCUT2D eigenvalue weighted by molar-refractivity contribution is 0.246. The standard InChI is InChI=1S/C16H18N2O/c1-11-6-7-13(17)9-15(11)18-10-14-8-12-4-2-3-5-16(12)19-14/h2-7,9,14,18H,8,10,17H2,1H3. The molecular formula is C16H18N2O. The van der Waals surface area contributed by atoms with Gasteiger partial charge < -0.3 is 15.8 Å². The Balaban J connectivity index is 1.64. The summed E-state index contributed by atoms with van der Waals surface area (Å²) in [6.07, 6.45) is 1.16. The van der Waals surface area contributed by atoms with Crippen molar-refractivity contribution in [2.24, 2.45) is 0 Å². The summed E-state index contributed by atoms with van der Waals surface area (Å²) in [5.41, 5.74) is 10.2. The molecule has 0 fully saturated rings. The van der Waals surface area contributed by atoms with Crippen LogP contribution in [0.2, 0.25) is 0 Å². The second kappa shape index (κ2) is 4.84. The number of fused-ring (bicyclic) bond motifs is 1. The van der Waals surface area contributed by atoms with E-state index in [1.165, 1.54) is 11.1 Å². The molecular weight excluding hydrogens is 236 g/mol. The highest BCUT2D eigenvalue weighted by Crippen LogP contribution is 2.28. The minimum Gasteiger partial charge on any atom is -0.488 e. The summed E-state index contributed by atoms with van der Waals surface area (Å²) in [4.78, 5) is 0. The van der Waals surface area contributed by atoms with Gasteiger partial charge in [-0.1, -0.05) is 24.3 Å². The minimum absolute atomic E-state index is 0.193. The van der Waals surface area contributed by atoms with Crippen LogP contribution in [0, 0.1) is 6.92 Å². The fourth-order valence-electron chi connectivity index (χ4n) is 2.42. The Labute approximate surface area is 113 Å². The van der Waals surface area contributed by atoms with E-state index in [1.54, 1.807) is 0 Å². The third-order valence-electron chi connectivity index (χ3n) is 3.50. The van der Waals surface area contributed by atoms with E-state index in [0.717, 1.165) is 30.1 Å². The molecule has 0 aromatic heterocycles. The number of nitrogens with one attached hydrogen (secondary N) is 1. The monoisotopic (exact) mass is 254 g/mol. The first kappa shape index (κ1) is 11.9. The predicted octanol–water partition coefficient (Wildman–Crippen LogP) is 2.99. The largest absolute Gasteiger partial charge is 0.488 e. The SMILES string of the molecule is Cc1ccc(N)cc1NCC1Cc2ccccc2O1. The molecule has 0 spiro atoms. The van der Waals surface area contributed by atoms with Gasteiger partial charge in [-0.15, -0.1) is 0 Å². The number of hydrogen-bond acceptors (Lipinski definition) is 3. The number of aryl methyl sites for hydroxylation is 1. The van der Waals surface area contributed by atoms with E-state index >= 15 is 0 Å². The lowest BCUT2D eigenvalue weighted by Gasteiger charge is -2.15. The molecule has 1 unspecified atom stereocenters. The van der Waals surface area contributed by atoms with E-state index in [-0.39, 0.29) is 6.10 Å². The molecule has 1 aliphatic heterocycles. The topological polar surface area (TPSA) is 47.3 Å². The number of anilines is 2. The quantitative estimate of drug-likeness (QED) is 0.828. The Morgan fingerprint density at radius 1 is 1.26 bits per heavy atom. The summed E-state index contributed by atoms with van der Waals surface area (Å²) in [6, 6.07) is 14.1. The molecule has 0 amide bonds. The van der Waals surface area contributed by atoms with Gasteiger partial charge in [-0.2, -0.15) is 0 Å². The van der Waals surface area contributed by atoms with E-state index < -0.39 is 0 Å². The van der Waals surface area contributed by atoms with Gasteiger partial charge in [0.1, 0.15) is 11.9 Å². The molecule has 1 heterocycles. The first-order valence-electron chi connectivity index (χ1n) is 6.57. The summed E-state index contributed by atoms with van der Waals surface area (Å²) in [7, 11) is 0. The van der Waals surface area contributed by atoms with E-state index in [9.17, 15) is 0 Å². The highest BCUT2D eigenvalue weighted by molar-refractivity contribution is 5.59. The van der Waals surface area contributed by atoms with Crippen LogP contribution in [0.25, 0.3) is 0 Å². The second-order valence-electron chi connectivity index (χ2n) is 5.01. The number of rotatable bonds is 3. The van der Waals surface area contributed by atoms with Gasteiger partial charge in [0.2, 0.25) is 0 Å². The Hall–Kier alpha value is -2.16. The molecule has 98 valence electrons. The molecule has 0 radical (unpaired) electrons. The van der Waals surface area contributed by atoms with Gasteiger partial charge in [0.15, 0.2) is 0 Å². The third-order valence-corrected chi connectivity index (χ3v) is 3.50. The van der Waals surface area contributed by atoms with Crippen molar-refractivity contribution in [3.05, 3.63) is 53.6 Å². The van der Waals surface area contributed by atoms with Crippen molar-refractivity contribution in [3.8, 4) is 5.75 Å². The van der Waals surface area contributed by atoms with Crippen LogP contribution in [0.15, 0.2) is 42.5 Å². The van der Waals surface area contributed by atoms with Gasteiger partial charge in [0.05, 0.1) is 6.54 Å². The van der Waals surface area contributed by atoms with Crippen LogP contribution in [0.3, 0.4) is 0 Å². The van der Waals surface area contributed by atoms with Gasteiger partial charge in [-0.05, 0) is 36.2 Å². The van der Waals surface area contributed by atoms with Crippen molar-refractivity contribution >= 4 is 11.4 Å². The Bertz CT molecular complexity index is 570. The second-order valence-corrected chi connectivity index (χ2v) is 5.01. The highest BCUT2D eigenvalue weighted by Gasteiger charge is 2.21. The van der Waals surface area contributed by atoms with E-state index in [2.05, 4.69) is 24.4 Å². The number of hydrogen-bond donors (Lipinski definition) is 2. The third kappa shape index (κ3) is 2.50. The van der Waals surface area contributed by atoms with Crippen molar-refractivity contribution in [3.63, 3.8) is 0 Å². The molecule has 1 atom stereocenters. The van der Waals surface area contributed by atoms with E-state index in [4.69, 9.17) is 10.5 Å². The molecule has 0 saturated heterocycles. The maximum atomic E-state index is 5.91. The molecule has 2 aromatic carbocycles. The molecule has 19 heavy (non-hydrogen) atoms. The van der Waals surface area contributed by atoms with Crippen molar-refractivity contribution < 1.29 is 4.74 Å². The highest BCUT2D eigenvalue weighted by atomic mass is 16.5. The number of nitrogens with two attached hydrogens (primary N) is 1. The van der Waals surface area contributed by atoms with E-state index in [1.807, 2.05) is 30.3 Å². The van der Waals surface area contributed by atoms with Crippen LogP contribution in [0.1, 0.15) is 11.1 Å². The van der Waals surface area contributed by atoms with Crippen molar-refractivity contribution in [1.82, 2.24) is 0 Å². The summed E-state index contributed by atoms with van der Waals surface area (Å²) < 4.78 is 5.91. The van der Waals surface area contributed by atoms with E-state index in [0.29, 0.717) is 0 Å². The van der Waals surface area contributed by atoms with Crippen molar-refractivity contribution in [1.29, 1.82) is 0 Å². The zero-order chi connectivity index (χ0) is 13.2. The summed E-state index contributed by atoms with van der Waals surface area (Å²) in [5, 5.41) is 3.43. The number of nitrogen functional groups attached to an aromatic ring is 1. The molecule has 0 aliphatic carbocycles. The summed E-state index contributed by atoms with van der Waals surface area (Å²) in [5.74, 6) is 1.01. The Kier molecular flexibility index (Phi) is 3.03. The van der Waals surface area contributed by atoms with Gasteiger partial charge in [-0.25, -0.2) is 0 Å². The maximum absolute atomic E-state index is 5.91. The van der Waals surface area contributed by atoms with Crippen LogP contribution in [0.5, 0.6) is 5.75 Å². The fourth-order valence-corrected chi connectivity index (χ4v) is 2.42. The molecule has 3 nitrogen and oxygen atoms in total. The zero-order valence-corrected chi connectivity index (χ0v) is 11.0. The van der Waals surface area contributed by atoms with Crippen LogP contribution in [-0.2, 0) is 6.42 Å². The minimum atomic E-state index is 0.193. The Morgan fingerprint density at radius 3 is 2.95 bits per heavy atom. The zero-order valence-electron chi connectivity index (χ0n) is 11.0. The summed E-state index contributed by atoms with van der Waals surface area (Å²) in [6.45, 7) is 2.87. The Morgan fingerprint density at radius 2 is 2.11 bits per heavy atom. The van der Waals surface area contributed by atoms with Crippen molar-refractivity contribution in [2.75, 3.05) is 17.6 Å². The smallest absolute Gasteiger partial charge is 0.123 e. The van der Waals surface area contributed by atoms with Gasteiger partial charge in [0, 0.05) is 17.8 Å². The number of benzene rings is 2. The lowest BCUT2D eigenvalue weighted by Crippen LogP contribution is -2.24. The average Bonchev–Trinajstić information content (AvgIpc) is 2.82. The molecule has 1 aliphatic rings. The number of ether oxygens (including phenoxy) is 1. The molecule has 0 bridgehead atoms. The number of para-hydroxylation sites is 1.